The number of benzene rings is 3. The lowest BCUT2D eigenvalue weighted by Crippen LogP contribution is -2.23. The Morgan fingerprint density at radius 1 is 0.929 bits per heavy atom. The van der Waals surface area contributed by atoms with Crippen molar-refractivity contribution in [1.82, 2.24) is 9.55 Å². The van der Waals surface area contributed by atoms with Crippen LogP contribution in [0.1, 0.15) is 22.5 Å². The molecule has 0 bridgehead atoms. The summed E-state index contributed by atoms with van der Waals surface area (Å²) >= 11 is 0. The molecule has 4 nitrogen and oxygen atoms in total. The summed E-state index contributed by atoms with van der Waals surface area (Å²) < 4.78 is 1.66. The molecule has 0 amide bonds. The maximum Gasteiger partial charge on any atom is 0.266 e. The lowest BCUT2D eigenvalue weighted by Gasteiger charge is -2.14. The second-order valence-corrected chi connectivity index (χ2v) is 6.84. The Morgan fingerprint density at radius 3 is 2.43 bits per heavy atom. The van der Waals surface area contributed by atoms with Crippen LogP contribution >= 0.6 is 0 Å². The fourth-order valence-corrected chi connectivity index (χ4v) is 3.31. The first-order chi connectivity index (χ1) is 13.5. The first kappa shape index (κ1) is 17.7. The normalized spacial score (nSPS) is 11.4. The molecule has 0 fully saturated rings. The van der Waals surface area contributed by atoms with Gasteiger partial charge in [0.05, 0.1) is 16.6 Å². The molecule has 1 N–H and O–H groups in total. The van der Waals surface area contributed by atoms with Crippen molar-refractivity contribution < 1.29 is 5.11 Å². The van der Waals surface area contributed by atoms with E-state index < -0.39 is 0 Å². The zero-order chi connectivity index (χ0) is 19.7. The predicted octanol–water partition coefficient (Wildman–Crippen LogP) is 4.88. The summed E-state index contributed by atoms with van der Waals surface area (Å²) in [7, 11) is 0. The van der Waals surface area contributed by atoms with E-state index >= 15 is 0 Å². The van der Waals surface area contributed by atoms with Crippen molar-refractivity contribution in [2.45, 2.75) is 13.8 Å². The van der Waals surface area contributed by atoms with Gasteiger partial charge in [-0.25, -0.2) is 4.98 Å². The van der Waals surface area contributed by atoms with Crippen molar-refractivity contribution in [2.24, 2.45) is 0 Å². The lowest BCUT2D eigenvalue weighted by molar-refractivity contribution is 0.475. The molecule has 1 aromatic heterocycles. The molecule has 0 saturated heterocycles. The van der Waals surface area contributed by atoms with Gasteiger partial charge in [0.15, 0.2) is 0 Å². The Morgan fingerprint density at radius 2 is 1.68 bits per heavy atom. The molecule has 0 aliphatic carbocycles. The lowest BCUT2D eigenvalue weighted by atomic mass is 10.1. The third-order valence-electron chi connectivity index (χ3n) is 4.71. The second kappa shape index (κ2) is 7.16. The molecule has 4 aromatic rings. The Bertz CT molecular complexity index is 1250. The standard InChI is InChI=1S/C24H20N2O2/c1-16-7-13-22(17(2)15-16)26-23(14-10-18-8-11-19(27)12-9-18)25-21-6-4-3-5-20(21)24(26)28/h3-15,27H,1-2H3/b14-10+. The van der Waals surface area contributed by atoms with Gasteiger partial charge in [0, 0.05) is 0 Å². The minimum atomic E-state index is -0.0945. The smallest absolute Gasteiger partial charge is 0.266 e. The molecule has 3 aromatic carbocycles. The molecular weight excluding hydrogens is 348 g/mol. The number of hydrogen-bond donors (Lipinski definition) is 1. The molecule has 4 rings (SSSR count). The fourth-order valence-electron chi connectivity index (χ4n) is 3.31. The Hall–Kier alpha value is -3.66. The topological polar surface area (TPSA) is 55.1 Å². The summed E-state index contributed by atoms with van der Waals surface area (Å²) in [6, 6.07) is 20.3. The van der Waals surface area contributed by atoms with Crippen LogP contribution in [0, 0.1) is 13.8 Å². The average Bonchev–Trinajstić information content (AvgIpc) is 2.69. The number of aromatic nitrogens is 2. The molecule has 28 heavy (non-hydrogen) atoms. The van der Waals surface area contributed by atoms with Gasteiger partial charge in [0.25, 0.3) is 5.56 Å². The molecule has 0 atom stereocenters. The van der Waals surface area contributed by atoms with Crippen molar-refractivity contribution >= 4 is 23.1 Å². The third kappa shape index (κ3) is 3.32. The van der Waals surface area contributed by atoms with Crippen molar-refractivity contribution in [3.8, 4) is 11.4 Å². The van der Waals surface area contributed by atoms with Gasteiger partial charge >= 0.3 is 0 Å². The van der Waals surface area contributed by atoms with Crippen LogP contribution in [0.25, 0.3) is 28.7 Å². The Labute approximate surface area is 163 Å². The van der Waals surface area contributed by atoms with Crippen LogP contribution in [0.15, 0.2) is 71.5 Å². The Balaban J connectivity index is 1.95. The molecule has 0 aliphatic rings. The maximum absolute atomic E-state index is 13.3. The van der Waals surface area contributed by atoms with Crippen molar-refractivity contribution in [3.63, 3.8) is 0 Å². The summed E-state index contributed by atoms with van der Waals surface area (Å²) in [5.74, 6) is 0.775. The minimum Gasteiger partial charge on any atom is -0.508 e. The quantitative estimate of drug-likeness (QED) is 0.561. The van der Waals surface area contributed by atoms with E-state index in [2.05, 4.69) is 6.07 Å². The number of aromatic hydroxyl groups is 1. The molecule has 0 saturated carbocycles. The van der Waals surface area contributed by atoms with E-state index in [0.29, 0.717) is 16.7 Å². The van der Waals surface area contributed by atoms with Gasteiger partial charge < -0.3 is 5.11 Å². The highest BCUT2D eigenvalue weighted by Crippen LogP contribution is 2.19. The average molecular weight is 368 g/mol. The third-order valence-corrected chi connectivity index (χ3v) is 4.71. The van der Waals surface area contributed by atoms with Crippen LogP contribution in [0.2, 0.25) is 0 Å². The number of phenolic OH excluding ortho intramolecular Hbond substituents is 1. The van der Waals surface area contributed by atoms with E-state index in [1.807, 2.05) is 68.5 Å². The Kier molecular flexibility index (Phi) is 4.53. The van der Waals surface area contributed by atoms with Crippen molar-refractivity contribution in [1.29, 1.82) is 0 Å². The first-order valence-electron chi connectivity index (χ1n) is 9.09. The van der Waals surface area contributed by atoms with Gasteiger partial charge in [0.1, 0.15) is 11.6 Å². The highest BCUT2D eigenvalue weighted by molar-refractivity contribution is 5.80. The highest BCUT2D eigenvalue weighted by atomic mass is 16.3. The number of rotatable bonds is 3. The molecular formula is C24H20N2O2. The highest BCUT2D eigenvalue weighted by Gasteiger charge is 2.12. The summed E-state index contributed by atoms with van der Waals surface area (Å²) in [5, 5.41) is 10.0. The zero-order valence-corrected chi connectivity index (χ0v) is 15.8. The van der Waals surface area contributed by atoms with Gasteiger partial charge in [-0.1, -0.05) is 48.0 Å². The van der Waals surface area contributed by atoms with Crippen molar-refractivity contribution in [3.05, 3.63) is 99.6 Å². The monoisotopic (exact) mass is 368 g/mol. The molecule has 1 heterocycles. The number of phenols is 1. The molecule has 0 radical (unpaired) electrons. The van der Waals surface area contributed by atoms with Crippen LogP contribution in [0.3, 0.4) is 0 Å². The molecule has 0 aliphatic heterocycles. The number of nitrogens with zero attached hydrogens (tertiary/aromatic N) is 2. The second-order valence-electron chi connectivity index (χ2n) is 6.84. The van der Waals surface area contributed by atoms with Crippen molar-refractivity contribution in [2.75, 3.05) is 0 Å². The van der Waals surface area contributed by atoms with Crippen LogP contribution < -0.4 is 5.56 Å². The van der Waals surface area contributed by atoms with Crippen LogP contribution in [0.4, 0.5) is 0 Å². The van der Waals surface area contributed by atoms with Gasteiger partial charge in [0.2, 0.25) is 0 Å². The van der Waals surface area contributed by atoms with E-state index in [-0.39, 0.29) is 11.3 Å². The minimum absolute atomic E-state index is 0.0945. The van der Waals surface area contributed by atoms with Crippen LogP contribution in [0.5, 0.6) is 5.75 Å². The van der Waals surface area contributed by atoms with E-state index in [0.717, 1.165) is 22.4 Å². The zero-order valence-electron chi connectivity index (χ0n) is 15.8. The molecule has 4 heteroatoms. The largest absolute Gasteiger partial charge is 0.508 e. The van der Waals surface area contributed by atoms with Crippen LogP contribution in [-0.2, 0) is 0 Å². The molecule has 138 valence electrons. The van der Waals surface area contributed by atoms with Gasteiger partial charge in [-0.3, -0.25) is 9.36 Å². The molecule has 0 unspecified atom stereocenters. The number of aryl methyl sites for hydroxylation is 2. The van der Waals surface area contributed by atoms with E-state index in [1.165, 1.54) is 0 Å². The summed E-state index contributed by atoms with van der Waals surface area (Å²) in [4.78, 5) is 18.0. The predicted molar refractivity (Wildman–Crippen MR) is 114 cm³/mol. The molecule has 0 spiro atoms. The van der Waals surface area contributed by atoms with E-state index in [1.54, 1.807) is 22.8 Å². The summed E-state index contributed by atoms with van der Waals surface area (Å²) in [5.41, 5.74) is 4.45. The van der Waals surface area contributed by atoms with E-state index in [4.69, 9.17) is 4.98 Å². The fraction of sp³-hybridized carbons (Fsp3) is 0.0833. The maximum atomic E-state index is 13.3. The van der Waals surface area contributed by atoms with Gasteiger partial charge in [-0.2, -0.15) is 0 Å². The number of para-hydroxylation sites is 1. The number of fused-ring (bicyclic) bond motifs is 1. The van der Waals surface area contributed by atoms with Crippen LogP contribution in [-0.4, -0.2) is 14.7 Å². The van der Waals surface area contributed by atoms with Gasteiger partial charge in [-0.05, 0) is 61.4 Å². The summed E-state index contributed by atoms with van der Waals surface area (Å²) in [6.45, 7) is 4.03. The van der Waals surface area contributed by atoms with E-state index in [9.17, 15) is 9.90 Å². The summed E-state index contributed by atoms with van der Waals surface area (Å²) in [6.07, 6.45) is 3.72. The number of hydrogen-bond acceptors (Lipinski definition) is 3. The SMILES string of the molecule is Cc1ccc(-n2c(/C=C/c3ccc(O)cc3)nc3ccccc3c2=O)c(C)c1. The van der Waals surface area contributed by atoms with Gasteiger partial charge in [-0.15, -0.1) is 0 Å². The first-order valence-corrected chi connectivity index (χ1v) is 9.09.